The smallest absolute Gasteiger partial charge is 0.310 e. The molecule has 0 aromatic heterocycles. The van der Waals surface area contributed by atoms with Crippen molar-refractivity contribution in [2.24, 2.45) is 11.3 Å². The van der Waals surface area contributed by atoms with Crippen molar-refractivity contribution in [1.29, 1.82) is 0 Å². The molecule has 0 aliphatic carbocycles. The first-order valence-corrected chi connectivity index (χ1v) is 7.39. The van der Waals surface area contributed by atoms with Gasteiger partial charge in [-0.1, -0.05) is 51.1 Å². The average molecular weight is 275 g/mol. The quantitative estimate of drug-likeness (QED) is 0.773. The Hall–Kier alpha value is -1.35. The summed E-state index contributed by atoms with van der Waals surface area (Å²) in [6.45, 7) is 9.86. The highest BCUT2D eigenvalue weighted by atomic mass is 16.5. The van der Waals surface area contributed by atoms with Crippen LogP contribution in [0.3, 0.4) is 0 Å². The predicted molar refractivity (Wildman–Crippen MR) is 80.2 cm³/mol. The summed E-state index contributed by atoms with van der Waals surface area (Å²) in [6.07, 6.45) is 1.21. The van der Waals surface area contributed by atoms with Crippen LogP contribution in [0.2, 0.25) is 0 Å². The highest BCUT2D eigenvalue weighted by molar-refractivity contribution is 5.72. The zero-order valence-corrected chi connectivity index (χ0v) is 12.8. The molecule has 110 valence electrons. The van der Waals surface area contributed by atoms with Crippen molar-refractivity contribution in [2.45, 2.75) is 33.8 Å². The number of esters is 1. The number of likely N-dealkylation sites (tertiary alicyclic amines) is 1. The molecule has 0 saturated carbocycles. The number of ether oxygens (including phenoxy) is 1. The number of rotatable bonds is 5. The van der Waals surface area contributed by atoms with Gasteiger partial charge in [-0.2, -0.15) is 0 Å². The fourth-order valence-electron chi connectivity index (χ4n) is 2.71. The van der Waals surface area contributed by atoms with E-state index in [0.29, 0.717) is 12.0 Å². The van der Waals surface area contributed by atoms with Gasteiger partial charge in [0.2, 0.25) is 0 Å². The normalized spacial score (nSPS) is 19.8. The van der Waals surface area contributed by atoms with Crippen molar-refractivity contribution >= 4 is 5.97 Å². The molecule has 3 nitrogen and oxygen atoms in total. The van der Waals surface area contributed by atoms with E-state index >= 15 is 0 Å². The Kier molecular flexibility index (Phi) is 4.81. The Labute approximate surface area is 121 Å². The Morgan fingerprint density at radius 1 is 1.35 bits per heavy atom. The van der Waals surface area contributed by atoms with Gasteiger partial charge in [0, 0.05) is 13.1 Å². The molecule has 2 rings (SSSR count). The molecular weight excluding hydrogens is 250 g/mol. The fraction of sp³-hybridized carbons (Fsp3) is 0.588. The van der Waals surface area contributed by atoms with Crippen molar-refractivity contribution in [3.05, 3.63) is 35.9 Å². The maximum Gasteiger partial charge on any atom is 0.310 e. The lowest BCUT2D eigenvalue weighted by Crippen LogP contribution is -2.32. The van der Waals surface area contributed by atoms with Gasteiger partial charge in [-0.3, -0.25) is 4.79 Å². The van der Waals surface area contributed by atoms with E-state index in [1.807, 2.05) is 37.3 Å². The minimum atomic E-state index is -0.0986. The van der Waals surface area contributed by atoms with E-state index < -0.39 is 0 Å². The van der Waals surface area contributed by atoms with Crippen molar-refractivity contribution < 1.29 is 9.53 Å². The highest BCUT2D eigenvalue weighted by Crippen LogP contribution is 2.29. The van der Waals surface area contributed by atoms with Crippen LogP contribution in [0.4, 0.5) is 0 Å². The molecule has 1 aliphatic heterocycles. The minimum Gasteiger partial charge on any atom is -0.461 e. The Morgan fingerprint density at radius 2 is 2.05 bits per heavy atom. The summed E-state index contributed by atoms with van der Waals surface area (Å²) in [7, 11) is 0. The van der Waals surface area contributed by atoms with Crippen LogP contribution in [0, 0.1) is 11.3 Å². The van der Waals surface area contributed by atoms with Crippen LogP contribution in [0.1, 0.15) is 32.8 Å². The third-order valence-electron chi connectivity index (χ3n) is 3.91. The summed E-state index contributed by atoms with van der Waals surface area (Å²) in [5.41, 5.74) is 1.42. The van der Waals surface area contributed by atoms with E-state index in [1.54, 1.807) is 0 Å². The molecular formula is C17H25NO2. The molecule has 0 radical (unpaired) electrons. The number of carbonyl (C=O) groups is 1. The second-order valence-corrected chi connectivity index (χ2v) is 6.64. The van der Waals surface area contributed by atoms with Gasteiger partial charge in [-0.05, 0) is 23.9 Å². The summed E-state index contributed by atoms with van der Waals surface area (Å²) in [6, 6.07) is 9.82. The summed E-state index contributed by atoms with van der Waals surface area (Å²) < 4.78 is 5.39. The lowest BCUT2D eigenvalue weighted by atomic mass is 9.93. The van der Waals surface area contributed by atoms with Crippen LogP contribution < -0.4 is 0 Å². The van der Waals surface area contributed by atoms with Crippen LogP contribution in [0.25, 0.3) is 0 Å². The van der Waals surface area contributed by atoms with Crippen LogP contribution in [0.5, 0.6) is 0 Å². The van der Waals surface area contributed by atoms with Crippen molar-refractivity contribution in [1.82, 2.24) is 4.90 Å². The van der Waals surface area contributed by atoms with Gasteiger partial charge in [0.1, 0.15) is 6.61 Å². The topological polar surface area (TPSA) is 29.5 Å². The molecule has 1 heterocycles. The molecule has 1 aliphatic rings. The van der Waals surface area contributed by atoms with Crippen molar-refractivity contribution in [3.63, 3.8) is 0 Å². The van der Waals surface area contributed by atoms with Gasteiger partial charge in [0.25, 0.3) is 0 Å². The first kappa shape index (κ1) is 15.0. The molecule has 20 heavy (non-hydrogen) atoms. The summed E-state index contributed by atoms with van der Waals surface area (Å²) in [4.78, 5) is 14.4. The first-order valence-electron chi connectivity index (χ1n) is 7.39. The van der Waals surface area contributed by atoms with Crippen LogP contribution in [0.15, 0.2) is 30.3 Å². The highest BCUT2D eigenvalue weighted by Gasteiger charge is 2.31. The monoisotopic (exact) mass is 275 g/mol. The van der Waals surface area contributed by atoms with Crippen molar-refractivity contribution in [3.8, 4) is 0 Å². The SMILES string of the molecule is CC(CN1CCC(C)(C)C1)C(=O)OCc1ccccc1. The molecule has 1 unspecified atom stereocenters. The number of hydrogen-bond acceptors (Lipinski definition) is 3. The Bertz CT molecular complexity index is 442. The molecule has 0 N–H and O–H groups in total. The number of nitrogens with zero attached hydrogens (tertiary/aromatic N) is 1. The number of carbonyl (C=O) groups excluding carboxylic acids is 1. The van der Waals surface area contributed by atoms with E-state index in [1.165, 1.54) is 6.42 Å². The van der Waals surface area contributed by atoms with Gasteiger partial charge in [0.15, 0.2) is 0 Å². The second kappa shape index (κ2) is 6.40. The van der Waals surface area contributed by atoms with Gasteiger partial charge >= 0.3 is 5.97 Å². The fourth-order valence-corrected chi connectivity index (χ4v) is 2.71. The van der Waals surface area contributed by atoms with Gasteiger partial charge in [0.05, 0.1) is 5.92 Å². The predicted octanol–water partition coefficient (Wildman–Crippen LogP) is 3.10. The van der Waals surface area contributed by atoms with Crippen LogP contribution in [-0.2, 0) is 16.1 Å². The van der Waals surface area contributed by atoms with E-state index in [-0.39, 0.29) is 11.9 Å². The van der Waals surface area contributed by atoms with E-state index in [9.17, 15) is 4.79 Å². The maximum absolute atomic E-state index is 12.0. The number of benzene rings is 1. The molecule has 1 aromatic rings. The average Bonchev–Trinajstić information content (AvgIpc) is 2.76. The third kappa shape index (κ3) is 4.34. The van der Waals surface area contributed by atoms with E-state index in [4.69, 9.17) is 4.74 Å². The largest absolute Gasteiger partial charge is 0.461 e. The third-order valence-corrected chi connectivity index (χ3v) is 3.91. The molecule has 1 atom stereocenters. The Balaban J connectivity index is 1.75. The van der Waals surface area contributed by atoms with Crippen LogP contribution >= 0.6 is 0 Å². The standard InChI is InChI=1S/C17H25NO2/c1-14(11-18-10-9-17(2,3)13-18)16(19)20-12-15-7-5-4-6-8-15/h4-8,14H,9-13H2,1-3H3. The van der Waals surface area contributed by atoms with E-state index in [0.717, 1.165) is 25.2 Å². The Morgan fingerprint density at radius 3 is 2.65 bits per heavy atom. The summed E-state index contributed by atoms with van der Waals surface area (Å²) >= 11 is 0. The summed E-state index contributed by atoms with van der Waals surface area (Å²) in [5, 5.41) is 0. The molecule has 0 spiro atoms. The molecule has 1 saturated heterocycles. The minimum absolute atomic E-state index is 0.0624. The van der Waals surface area contributed by atoms with Gasteiger partial charge < -0.3 is 9.64 Å². The van der Waals surface area contributed by atoms with Gasteiger partial charge in [-0.25, -0.2) is 0 Å². The molecule has 1 fully saturated rings. The molecule has 1 aromatic carbocycles. The zero-order valence-electron chi connectivity index (χ0n) is 12.8. The van der Waals surface area contributed by atoms with Crippen molar-refractivity contribution in [2.75, 3.05) is 19.6 Å². The molecule has 0 amide bonds. The summed E-state index contributed by atoms with van der Waals surface area (Å²) in [5.74, 6) is -0.161. The molecule has 3 heteroatoms. The first-order chi connectivity index (χ1) is 9.46. The number of hydrogen-bond donors (Lipinski definition) is 0. The lowest BCUT2D eigenvalue weighted by Gasteiger charge is -2.22. The second-order valence-electron chi connectivity index (χ2n) is 6.64. The van der Waals surface area contributed by atoms with E-state index in [2.05, 4.69) is 18.7 Å². The van der Waals surface area contributed by atoms with Gasteiger partial charge in [-0.15, -0.1) is 0 Å². The van der Waals surface area contributed by atoms with Crippen LogP contribution in [-0.4, -0.2) is 30.5 Å². The zero-order chi connectivity index (χ0) is 14.6. The maximum atomic E-state index is 12.0. The lowest BCUT2D eigenvalue weighted by molar-refractivity contribution is -0.149. The molecule has 0 bridgehead atoms.